The number of anilines is 2. The number of carbonyl (C=O) groups is 3. The first-order chi connectivity index (χ1) is 26.9. The highest BCUT2D eigenvalue weighted by molar-refractivity contribution is 6.35. The lowest BCUT2D eigenvalue weighted by Gasteiger charge is -2.27. The van der Waals surface area contributed by atoms with Crippen LogP contribution in [0, 0.1) is 17.1 Å². The molecule has 3 aromatic carbocycles. The Hall–Kier alpha value is -6.16. The second-order valence-electron chi connectivity index (χ2n) is 14.8. The van der Waals surface area contributed by atoms with Crippen LogP contribution in [0.25, 0.3) is 22.0 Å². The summed E-state index contributed by atoms with van der Waals surface area (Å²) in [6.45, 7) is 1.67. The van der Waals surface area contributed by atoms with Crippen molar-refractivity contribution in [3.63, 3.8) is 0 Å². The summed E-state index contributed by atoms with van der Waals surface area (Å²) < 4.78 is 16.0. The third-order valence-corrected chi connectivity index (χ3v) is 11.6. The molecule has 0 spiro atoms. The van der Waals surface area contributed by atoms with Crippen LogP contribution in [0.2, 0.25) is 10.0 Å². The van der Waals surface area contributed by atoms with Gasteiger partial charge in [0, 0.05) is 35.3 Å². The Balaban J connectivity index is 0.978. The van der Waals surface area contributed by atoms with Crippen molar-refractivity contribution >= 4 is 63.5 Å². The molecule has 9 rings (SSSR count). The molecule has 14 heteroatoms. The van der Waals surface area contributed by atoms with Gasteiger partial charge in [-0.3, -0.25) is 28.9 Å². The fourth-order valence-electron chi connectivity index (χ4n) is 7.53. The molecule has 0 radical (unpaired) electrons. The lowest BCUT2D eigenvalue weighted by molar-refractivity contribution is -0.125. The van der Waals surface area contributed by atoms with Crippen LogP contribution in [-0.4, -0.2) is 42.8 Å². The van der Waals surface area contributed by atoms with Crippen LogP contribution in [0.5, 0.6) is 0 Å². The summed E-state index contributed by atoms with van der Waals surface area (Å²) in [6.07, 6.45) is 7.30. The van der Waals surface area contributed by atoms with E-state index in [-0.39, 0.29) is 39.7 Å². The highest BCUT2D eigenvalue weighted by Gasteiger charge is 2.57. The molecule has 1 aliphatic heterocycles. The average Bonchev–Trinajstić information content (AvgIpc) is 4.11. The Morgan fingerprint density at radius 3 is 2.25 bits per heavy atom. The Morgan fingerprint density at radius 2 is 1.59 bits per heavy atom. The van der Waals surface area contributed by atoms with Gasteiger partial charge in [-0.25, -0.2) is 14.3 Å². The van der Waals surface area contributed by atoms with Gasteiger partial charge in [0.1, 0.15) is 16.8 Å². The maximum Gasteiger partial charge on any atom is 0.270 e. The smallest absolute Gasteiger partial charge is 0.270 e. The Labute approximate surface area is 330 Å². The van der Waals surface area contributed by atoms with Gasteiger partial charge in [-0.15, -0.1) is 0 Å². The fraction of sp³-hybridized carbons (Fsp3) is 0.214. The van der Waals surface area contributed by atoms with E-state index in [0.717, 1.165) is 27.7 Å². The topological polar surface area (TPSA) is 146 Å². The summed E-state index contributed by atoms with van der Waals surface area (Å²) in [4.78, 5) is 57.7. The monoisotopic (exact) mass is 784 g/mol. The van der Waals surface area contributed by atoms with Gasteiger partial charge in [-0.1, -0.05) is 59.6 Å². The zero-order valence-electron chi connectivity index (χ0n) is 29.8. The van der Waals surface area contributed by atoms with Crippen LogP contribution < -0.4 is 15.5 Å². The standard InChI is InChI=1S/C42H31Cl2FN8O3/c1-40(19-24-6-8-25(20-46)9-7-24)38(56)52(29-17-30(43)35(45)31(44)18-29)39-49-23-33(53(39)40)36(54)50-42(14-15-42)37(55)51-41(12-13-41)34-11-10-27(21-48-34)28-16-26-4-2-3-5-32(26)47-22-28/h2-11,16-18,21-23H,12-15,19H2,1H3,(H,50,54)(H,51,55)/t40-/m1/s1. The summed E-state index contributed by atoms with van der Waals surface area (Å²) >= 11 is 12.3. The van der Waals surface area contributed by atoms with Crippen LogP contribution >= 0.6 is 23.2 Å². The van der Waals surface area contributed by atoms with Gasteiger partial charge in [-0.2, -0.15) is 5.26 Å². The number of imidazole rings is 1. The third-order valence-electron chi connectivity index (χ3n) is 11.0. The number of pyridine rings is 2. The molecule has 2 aliphatic carbocycles. The molecule has 2 fully saturated rings. The van der Waals surface area contributed by atoms with Gasteiger partial charge in [0.05, 0.1) is 50.3 Å². The van der Waals surface area contributed by atoms with Gasteiger partial charge in [0.2, 0.25) is 11.9 Å². The second kappa shape index (κ2) is 13.0. The van der Waals surface area contributed by atoms with Crippen LogP contribution in [0.4, 0.5) is 16.0 Å². The minimum Gasteiger partial charge on any atom is -0.343 e. The number of hydrogen-bond donors (Lipinski definition) is 2. The quantitative estimate of drug-likeness (QED) is 0.144. The molecular weight excluding hydrogens is 754 g/mol. The lowest BCUT2D eigenvalue weighted by atomic mass is 9.91. The van der Waals surface area contributed by atoms with Crippen molar-refractivity contribution in [2.45, 2.75) is 55.6 Å². The Bertz CT molecular complexity index is 2640. The van der Waals surface area contributed by atoms with Crippen molar-refractivity contribution in [1.82, 2.24) is 30.2 Å². The first kappa shape index (κ1) is 35.5. The number of halogens is 3. The molecule has 0 unspecified atom stereocenters. The molecule has 0 saturated heterocycles. The van der Waals surface area contributed by atoms with Crippen LogP contribution in [0.3, 0.4) is 0 Å². The summed E-state index contributed by atoms with van der Waals surface area (Å²) in [5.74, 6) is -2.12. The predicted octanol–water partition coefficient (Wildman–Crippen LogP) is 7.51. The first-order valence-electron chi connectivity index (χ1n) is 18.0. The summed E-state index contributed by atoms with van der Waals surface area (Å²) in [5.41, 5.74) is 1.62. The van der Waals surface area contributed by atoms with E-state index in [1.54, 1.807) is 37.4 Å². The molecule has 0 bridgehead atoms. The van der Waals surface area contributed by atoms with E-state index in [2.05, 4.69) is 32.7 Å². The molecule has 2 saturated carbocycles. The summed E-state index contributed by atoms with van der Waals surface area (Å²) in [7, 11) is 0. The first-order valence-corrected chi connectivity index (χ1v) is 18.7. The number of carbonyl (C=O) groups excluding carboxylic acids is 3. The molecule has 6 aromatic rings. The normalized spacial score (nSPS) is 18.6. The molecule has 3 amide bonds. The zero-order valence-corrected chi connectivity index (χ0v) is 31.3. The predicted molar refractivity (Wildman–Crippen MR) is 208 cm³/mol. The van der Waals surface area contributed by atoms with Crippen LogP contribution in [0.1, 0.15) is 59.9 Å². The van der Waals surface area contributed by atoms with E-state index in [1.807, 2.05) is 42.6 Å². The van der Waals surface area contributed by atoms with Gasteiger partial charge in [0.15, 0.2) is 5.82 Å². The van der Waals surface area contributed by atoms with E-state index in [4.69, 9.17) is 28.2 Å². The maximum absolute atomic E-state index is 14.5. The third kappa shape index (κ3) is 5.86. The number of amides is 3. The number of benzene rings is 3. The fourth-order valence-corrected chi connectivity index (χ4v) is 8.00. The molecule has 3 aromatic heterocycles. The maximum atomic E-state index is 14.5. The number of rotatable bonds is 9. The largest absolute Gasteiger partial charge is 0.343 e. The van der Waals surface area contributed by atoms with Gasteiger partial charge < -0.3 is 10.6 Å². The SMILES string of the molecule is C[C@@]1(Cc2ccc(C#N)cc2)C(=O)N(c2cc(Cl)c(F)c(Cl)c2)c2ncc(C(=O)NC3(C(=O)NC4(c5ccc(-c6cnc7ccccc7c6)cn5)CC4)CC3)n21. The lowest BCUT2D eigenvalue weighted by Crippen LogP contribution is -2.52. The van der Waals surface area contributed by atoms with Crippen molar-refractivity contribution in [3.8, 4) is 17.2 Å². The minimum absolute atomic E-state index is 0.0481. The van der Waals surface area contributed by atoms with Crippen LogP contribution in [0.15, 0.2) is 97.5 Å². The molecule has 11 nitrogen and oxygen atoms in total. The number of hydrogen-bond acceptors (Lipinski definition) is 7. The average molecular weight is 786 g/mol. The number of para-hydroxylation sites is 1. The van der Waals surface area contributed by atoms with E-state index in [9.17, 15) is 24.0 Å². The van der Waals surface area contributed by atoms with Crippen molar-refractivity contribution in [2.24, 2.45) is 0 Å². The van der Waals surface area contributed by atoms with E-state index in [1.165, 1.54) is 27.8 Å². The second-order valence-corrected chi connectivity index (χ2v) is 15.6. The molecule has 56 heavy (non-hydrogen) atoms. The Morgan fingerprint density at radius 1 is 0.875 bits per heavy atom. The van der Waals surface area contributed by atoms with Crippen molar-refractivity contribution in [3.05, 3.63) is 136 Å². The number of nitrogens with zero attached hydrogens (tertiary/aromatic N) is 6. The molecular formula is C42H31Cl2FN8O3. The highest BCUT2D eigenvalue weighted by atomic mass is 35.5. The highest BCUT2D eigenvalue weighted by Crippen LogP contribution is 2.48. The van der Waals surface area contributed by atoms with E-state index in [0.29, 0.717) is 36.8 Å². The molecule has 278 valence electrons. The van der Waals surface area contributed by atoms with Crippen molar-refractivity contribution in [1.29, 1.82) is 5.26 Å². The number of nitrogens with one attached hydrogen (secondary N) is 2. The van der Waals surface area contributed by atoms with E-state index < -0.39 is 34.2 Å². The number of aromatic nitrogens is 4. The molecule has 4 heterocycles. The summed E-state index contributed by atoms with van der Waals surface area (Å²) in [6, 6.07) is 25.3. The zero-order chi connectivity index (χ0) is 39.0. The number of nitriles is 1. The molecule has 2 N–H and O–H groups in total. The van der Waals surface area contributed by atoms with Gasteiger partial charge in [0.25, 0.3) is 11.8 Å². The van der Waals surface area contributed by atoms with Gasteiger partial charge >= 0.3 is 0 Å². The molecule has 1 atom stereocenters. The van der Waals surface area contributed by atoms with Crippen LogP contribution in [-0.2, 0) is 27.1 Å². The van der Waals surface area contributed by atoms with Crippen molar-refractivity contribution < 1.29 is 18.8 Å². The number of fused-ring (bicyclic) bond motifs is 2. The van der Waals surface area contributed by atoms with Crippen molar-refractivity contribution in [2.75, 3.05) is 4.90 Å². The Kier molecular flexibility index (Phi) is 8.23. The van der Waals surface area contributed by atoms with Gasteiger partial charge in [-0.05, 0) is 80.6 Å². The molecule has 3 aliphatic rings. The minimum atomic E-state index is -1.42. The summed E-state index contributed by atoms with van der Waals surface area (Å²) in [5, 5.41) is 15.9. The van der Waals surface area contributed by atoms with E-state index >= 15 is 0 Å².